The normalized spacial score (nSPS) is 15.4. The minimum Gasteiger partial charge on any atom is -0.339 e. The van der Waals surface area contributed by atoms with Crippen LogP contribution in [0.15, 0.2) is 52.3 Å². The van der Waals surface area contributed by atoms with Gasteiger partial charge in [0.15, 0.2) is 0 Å². The highest BCUT2D eigenvalue weighted by atomic mass is 32.2. The van der Waals surface area contributed by atoms with E-state index in [0.29, 0.717) is 18.0 Å². The van der Waals surface area contributed by atoms with Crippen molar-refractivity contribution in [2.24, 2.45) is 0 Å². The average molecular weight is 473 g/mol. The Labute approximate surface area is 184 Å². The number of likely N-dealkylation sites (tertiary alicyclic amines) is 1. The lowest BCUT2D eigenvalue weighted by Crippen LogP contribution is -2.32. The van der Waals surface area contributed by atoms with Crippen LogP contribution in [0.3, 0.4) is 0 Å². The minimum absolute atomic E-state index is 0.237. The molecule has 0 bridgehead atoms. The van der Waals surface area contributed by atoms with Gasteiger partial charge in [0.05, 0.1) is 21.7 Å². The number of hydrogen-bond donors (Lipinski definition) is 1. The molecule has 1 N–H and O–H groups in total. The van der Waals surface area contributed by atoms with Gasteiger partial charge in [-0.3, -0.25) is 9.52 Å². The van der Waals surface area contributed by atoms with Crippen LogP contribution in [-0.2, 0) is 16.2 Å². The number of benzene rings is 2. The molecule has 1 saturated heterocycles. The minimum atomic E-state index is -4.71. The molecule has 0 aromatic heterocycles. The van der Waals surface area contributed by atoms with Gasteiger partial charge in [-0.2, -0.15) is 13.2 Å². The molecule has 0 aliphatic carbocycles. The lowest BCUT2D eigenvalue weighted by atomic mass is 10.2. The number of alkyl halides is 3. The Morgan fingerprint density at radius 3 is 2.29 bits per heavy atom. The Morgan fingerprint density at radius 2 is 1.68 bits per heavy atom. The Bertz CT molecular complexity index is 1050. The van der Waals surface area contributed by atoms with Crippen molar-refractivity contribution >= 4 is 33.4 Å². The number of carbonyl (C=O) groups excluding carboxylic acids is 1. The highest BCUT2D eigenvalue weighted by molar-refractivity contribution is 7.98. The number of anilines is 1. The Morgan fingerprint density at radius 1 is 1.03 bits per heavy atom. The molecule has 31 heavy (non-hydrogen) atoms. The number of nitrogens with one attached hydrogen (secondary N) is 1. The highest BCUT2D eigenvalue weighted by Crippen LogP contribution is 2.36. The molecule has 1 fully saturated rings. The smallest absolute Gasteiger partial charge is 0.339 e. The van der Waals surface area contributed by atoms with Crippen LogP contribution in [0.1, 0.15) is 41.6 Å². The monoisotopic (exact) mass is 472 g/mol. The maximum absolute atomic E-state index is 13.2. The van der Waals surface area contributed by atoms with Gasteiger partial charge >= 0.3 is 6.18 Å². The first kappa shape index (κ1) is 23.5. The Balaban J connectivity index is 1.96. The molecule has 2 aromatic rings. The number of sulfonamides is 1. The second-order valence-electron chi connectivity index (χ2n) is 7.22. The quantitative estimate of drug-likeness (QED) is 0.604. The standard InChI is InChI=1S/C21H23F3N2O3S2/c1-30-19-11-10-15(14-16(19)20(27)26-12-6-2-3-7-13-26)31(28,29)25-18-9-5-4-8-17(18)21(22,23)24/h4-5,8-11,14,25H,2-3,6-7,12-13H2,1H3. The molecular weight excluding hydrogens is 449 g/mol. The van der Waals surface area contributed by atoms with E-state index < -0.39 is 27.5 Å². The van der Waals surface area contributed by atoms with Crippen LogP contribution in [0, 0.1) is 0 Å². The van der Waals surface area contributed by atoms with E-state index in [4.69, 9.17) is 0 Å². The number of amides is 1. The summed E-state index contributed by atoms with van der Waals surface area (Å²) in [6, 6.07) is 8.42. The Kier molecular flexibility index (Phi) is 7.20. The van der Waals surface area contributed by atoms with E-state index >= 15 is 0 Å². The summed E-state index contributed by atoms with van der Waals surface area (Å²) in [6.45, 7) is 1.20. The SMILES string of the molecule is CSc1ccc(S(=O)(=O)Nc2ccccc2C(F)(F)F)cc1C(=O)N1CCCCCC1. The predicted octanol–water partition coefficient (Wildman–Crippen LogP) is 5.24. The van der Waals surface area contributed by atoms with Crippen molar-refractivity contribution in [3.05, 3.63) is 53.6 Å². The summed E-state index contributed by atoms with van der Waals surface area (Å²) in [6.07, 6.45) is 0.907. The predicted molar refractivity (Wildman–Crippen MR) is 115 cm³/mol. The van der Waals surface area contributed by atoms with Gasteiger partial charge in [-0.1, -0.05) is 25.0 Å². The summed E-state index contributed by atoms with van der Waals surface area (Å²) in [7, 11) is -4.35. The number of halogens is 3. The number of nitrogens with zero attached hydrogens (tertiary/aromatic N) is 1. The number of rotatable bonds is 5. The van der Waals surface area contributed by atoms with Gasteiger partial charge in [0.1, 0.15) is 0 Å². The van der Waals surface area contributed by atoms with Crippen molar-refractivity contribution in [1.82, 2.24) is 4.90 Å². The number of para-hydroxylation sites is 1. The molecule has 0 radical (unpaired) electrons. The van der Waals surface area contributed by atoms with E-state index in [1.54, 1.807) is 11.2 Å². The fraction of sp³-hybridized carbons (Fsp3) is 0.381. The summed E-state index contributed by atoms with van der Waals surface area (Å²) in [5.74, 6) is -0.265. The van der Waals surface area contributed by atoms with Gasteiger partial charge in [0.2, 0.25) is 0 Å². The first-order valence-electron chi connectivity index (χ1n) is 9.80. The van der Waals surface area contributed by atoms with Gasteiger partial charge in [-0.05, 0) is 49.4 Å². The summed E-state index contributed by atoms with van der Waals surface area (Å²) in [5, 5.41) is 0. The third-order valence-corrected chi connectivity index (χ3v) is 7.24. The molecule has 1 heterocycles. The van der Waals surface area contributed by atoms with E-state index in [0.717, 1.165) is 37.8 Å². The third-order valence-electron chi connectivity index (χ3n) is 5.08. The molecule has 2 aromatic carbocycles. The van der Waals surface area contributed by atoms with Crippen LogP contribution in [0.5, 0.6) is 0 Å². The molecule has 10 heteroatoms. The van der Waals surface area contributed by atoms with E-state index in [1.807, 2.05) is 4.72 Å². The zero-order chi connectivity index (χ0) is 22.6. The molecule has 0 saturated carbocycles. The summed E-state index contributed by atoms with van der Waals surface area (Å²) in [4.78, 5) is 15.2. The third kappa shape index (κ3) is 5.54. The molecule has 168 valence electrons. The molecule has 5 nitrogen and oxygen atoms in total. The molecular formula is C21H23F3N2O3S2. The molecule has 1 aliphatic rings. The number of hydrogen-bond acceptors (Lipinski definition) is 4. The summed E-state index contributed by atoms with van der Waals surface area (Å²) < 4.78 is 67.5. The number of thioether (sulfide) groups is 1. The molecule has 3 rings (SSSR count). The van der Waals surface area contributed by atoms with Crippen molar-refractivity contribution in [2.45, 2.75) is 41.7 Å². The zero-order valence-corrected chi connectivity index (χ0v) is 18.5. The van der Waals surface area contributed by atoms with Crippen LogP contribution in [0.4, 0.5) is 18.9 Å². The van der Waals surface area contributed by atoms with Gasteiger partial charge < -0.3 is 4.90 Å². The van der Waals surface area contributed by atoms with Crippen molar-refractivity contribution < 1.29 is 26.4 Å². The van der Waals surface area contributed by atoms with Crippen LogP contribution >= 0.6 is 11.8 Å². The van der Waals surface area contributed by atoms with E-state index in [2.05, 4.69) is 0 Å². The van der Waals surface area contributed by atoms with Crippen LogP contribution < -0.4 is 4.72 Å². The first-order valence-corrected chi connectivity index (χ1v) is 12.5. The van der Waals surface area contributed by atoms with Crippen LogP contribution in [-0.4, -0.2) is 38.6 Å². The fourth-order valence-electron chi connectivity index (χ4n) is 3.49. The second-order valence-corrected chi connectivity index (χ2v) is 9.75. The summed E-state index contributed by atoms with van der Waals surface area (Å²) in [5.41, 5.74) is -1.41. The van der Waals surface area contributed by atoms with Crippen molar-refractivity contribution in [1.29, 1.82) is 0 Å². The molecule has 1 amide bonds. The lowest BCUT2D eigenvalue weighted by Gasteiger charge is -2.22. The molecule has 0 unspecified atom stereocenters. The number of carbonyl (C=O) groups is 1. The first-order chi connectivity index (χ1) is 14.6. The van der Waals surface area contributed by atoms with E-state index in [9.17, 15) is 26.4 Å². The largest absolute Gasteiger partial charge is 0.418 e. The molecule has 1 aliphatic heterocycles. The maximum Gasteiger partial charge on any atom is 0.418 e. The van der Waals surface area contributed by atoms with Crippen LogP contribution in [0.2, 0.25) is 0 Å². The topological polar surface area (TPSA) is 66.5 Å². The van der Waals surface area contributed by atoms with E-state index in [1.165, 1.54) is 42.1 Å². The van der Waals surface area contributed by atoms with E-state index in [-0.39, 0.29) is 16.4 Å². The van der Waals surface area contributed by atoms with Gasteiger partial charge in [0.25, 0.3) is 15.9 Å². The molecule has 0 spiro atoms. The van der Waals surface area contributed by atoms with Crippen molar-refractivity contribution in [3.63, 3.8) is 0 Å². The van der Waals surface area contributed by atoms with Gasteiger partial charge in [0, 0.05) is 18.0 Å². The Hall–Kier alpha value is -2.20. The van der Waals surface area contributed by atoms with Crippen LogP contribution in [0.25, 0.3) is 0 Å². The fourth-order valence-corrected chi connectivity index (χ4v) is 5.16. The zero-order valence-electron chi connectivity index (χ0n) is 16.9. The lowest BCUT2D eigenvalue weighted by molar-refractivity contribution is -0.136. The maximum atomic E-state index is 13.2. The van der Waals surface area contributed by atoms with Crippen molar-refractivity contribution in [3.8, 4) is 0 Å². The summed E-state index contributed by atoms with van der Waals surface area (Å²) >= 11 is 1.31. The molecule has 0 atom stereocenters. The van der Waals surface area contributed by atoms with Crippen molar-refractivity contribution in [2.75, 3.05) is 24.1 Å². The van der Waals surface area contributed by atoms with Gasteiger partial charge in [-0.25, -0.2) is 8.42 Å². The average Bonchev–Trinajstić information content (AvgIpc) is 3.01. The van der Waals surface area contributed by atoms with Gasteiger partial charge in [-0.15, -0.1) is 11.8 Å². The second kappa shape index (κ2) is 9.52. The highest BCUT2D eigenvalue weighted by Gasteiger charge is 2.34.